The third-order valence-electron chi connectivity index (χ3n) is 3.37. The second kappa shape index (κ2) is 7.85. The van der Waals surface area contributed by atoms with Gasteiger partial charge in [0.15, 0.2) is 0 Å². The monoisotopic (exact) mass is 261 g/mol. The second-order valence-electron chi connectivity index (χ2n) is 4.82. The van der Waals surface area contributed by atoms with Crippen LogP contribution in [0, 0.1) is 0 Å². The summed E-state index contributed by atoms with van der Waals surface area (Å²) < 4.78 is 10.8. The maximum absolute atomic E-state index is 5.65. The van der Waals surface area contributed by atoms with E-state index < -0.39 is 0 Å². The molecule has 1 heterocycles. The zero-order valence-corrected chi connectivity index (χ0v) is 11.7. The van der Waals surface area contributed by atoms with Crippen LogP contribution in [0.1, 0.15) is 19.3 Å². The quantitative estimate of drug-likeness (QED) is 0.734. The fourth-order valence-electron chi connectivity index (χ4n) is 2.27. The molecule has 1 fully saturated rings. The highest BCUT2D eigenvalue weighted by Gasteiger charge is 2.07. The molecule has 19 heavy (non-hydrogen) atoms. The van der Waals surface area contributed by atoms with Crippen LogP contribution >= 0.6 is 0 Å². The van der Waals surface area contributed by atoms with Crippen molar-refractivity contribution < 1.29 is 9.47 Å². The van der Waals surface area contributed by atoms with Crippen LogP contribution in [-0.4, -0.2) is 38.3 Å². The van der Waals surface area contributed by atoms with Crippen molar-refractivity contribution in [2.75, 3.05) is 33.4 Å². The summed E-state index contributed by atoms with van der Waals surface area (Å²) in [5.74, 6) is 1.68. The number of ether oxygens (including phenoxy) is 2. The number of nitrogens with zero attached hydrogens (tertiary/aromatic N) is 1. The van der Waals surface area contributed by atoms with Gasteiger partial charge in [0, 0.05) is 12.6 Å². The summed E-state index contributed by atoms with van der Waals surface area (Å²) in [4.78, 5) is 2.49. The molecular weight excluding hydrogens is 238 g/mol. The molecule has 0 spiro atoms. The lowest BCUT2D eigenvalue weighted by Gasteiger charge is -2.24. The summed E-state index contributed by atoms with van der Waals surface area (Å²) >= 11 is 0. The number of hydrogen-bond acceptors (Lipinski definition) is 3. The maximum atomic E-state index is 5.65. The van der Waals surface area contributed by atoms with Crippen molar-refractivity contribution in [3.8, 4) is 11.5 Å². The number of benzene rings is 1. The lowest BCUT2D eigenvalue weighted by molar-refractivity contribution is 0.251. The zero-order chi connectivity index (χ0) is 13.3. The molecule has 3 nitrogen and oxygen atoms in total. The van der Waals surface area contributed by atoms with Gasteiger partial charge in [0.25, 0.3) is 0 Å². The Kier molecular flexibility index (Phi) is 5.76. The predicted octanol–water partition coefficient (Wildman–Crippen LogP) is 3.12. The largest absolute Gasteiger partial charge is 0.497 e. The zero-order valence-electron chi connectivity index (χ0n) is 11.7. The molecular formula is C16H23NO2. The van der Waals surface area contributed by atoms with Crippen molar-refractivity contribution in [3.63, 3.8) is 0 Å². The topological polar surface area (TPSA) is 21.7 Å². The molecule has 1 saturated heterocycles. The number of hydrogen-bond donors (Lipinski definition) is 0. The molecule has 1 aromatic carbocycles. The first-order valence-electron chi connectivity index (χ1n) is 7.03. The van der Waals surface area contributed by atoms with Crippen LogP contribution in [0.25, 0.3) is 0 Å². The Hall–Kier alpha value is -1.48. The minimum absolute atomic E-state index is 0.612. The highest BCUT2D eigenvalue weighted by atomic mass is 16.5. The molecule has 0 radical (unpaired) electrons. The Morgan fingerprint density at radius 1 is 1.11 bits per heavy atom. The number of piperidine rings is 1. The van der Waals surface area contributed by atoms with E-state index in [0.29, 0.717) is 6.61 Å². The molecule has 0 saturated carbocycles. The third-order valence-corrected chi connectivity index (χ3v) is 3.37. The second-order valence-corrected chi connectivity index (χ2v) is 4.82. The summed E-state index contributed by atoms with van der Waals surface area (Å²) in [7, 11) is 1.66. The molecule has 0 bridgehead atoms. The van der Waals surface area contributed by atoms with E-state index in [1.165, 1.54) is 32.4 Å². The van der Waals surface area contributed by atoms with Gasteiger partial charge in [-0.3, -0.25) is 4.90 Å². The van der Waals surface area contributed by atoms with Crippen LogP contribution in [0.3, 0.4) is 0 Å². The summed E-state index contributed by atoms with van der Waals surface area (Å²) in [6, 6.07) is 7.70. The van der Waals surface area contributed by atoms with Crippen molar-refractivity contribution in [3.05, 3.63) is 36.4 Å². The van der Waals surface area contributed by atoms with E-state index in [9.17, 15) is 0 Å². The summed E-state index contributed by atoms with van der Waals surface area (Å²) in [6.07, 6.45) is 8.36. The Labute approximate surface area is 115 Å². The van der Waals surface area contributed by atoms with Gasteiger partial charge in [-0.1, -0.05) is 24.6 Å². The molecule has 104 valence electrons. The van der Waals surface area contributed by atoms with E-state index in [4.69, 9.17) is 9.47 Å². The molecule has 0 N–H and O–H groups in total. The number of rotatable bonds is 6. The van der Waals surface area contributed by atoms with Gasteiger partial charge in [-0.2, -0.15) is 0 Å². The molecule has 3 heteroatoms. The molecule has 1 aliphatic heterocycles. The summed E-state index contributed by atoms with van der Waals surface area (Å²) in [6.45, 7) is 4.13. The minimum atomic E-state index is 0.612. The van der Waals surface area contributed by atoms with E-state index in [1.807, 2.05) is 24.3 Å². The SMILES string of the molecule is COc1cccc(OC/C=C/CN2CCCCC2)c1. The van der Waals surface area contributed by atoms with E-state index in [-0.39, 0.29) is 0 Å². The number of methoxy groups -OCH3 is 1. The molecule has 1 aliphatic rings. The molecule has 2 rings (SSSR count). The molecule has 0 aliphatic carbocycles. The minimum Gasteiger partial charge on any atom is -0.497 e. The van der Waals surface area contributed by atoms with Gasteiger partial charge in [0.2, 0.25) is 0 Å². The first-order chi connectivity index (χ1) is 9.38. The average molecular weight is 261 g/mol. The first-order valence-corrected chi connectivity index (χ1v) is 7.03. The van der Waals surface area contributed by atoms with Crippen molar-refractivity contribution in [2.24, 2.45) is 0 Å². The molecule has 0 unspecified atom stereocenters. The van der Waals surface area contributed by atoms with E-state index >= 15 is 0 Å². The van der Waals surface area contributed by atoms with Gasteiger partial charge < -0.3 is 9.47 Å². The lowest BCUT2D eigenvalue weighted by Crippen LogP contribution is -2.29. The van der Waals surface area contributed by atoms with Crippen LogP contribution < -0.4 is 9.47 Å². The van der Waals surface area contributed by atoms with Gasteiger partial charge in [-0.25, -0.2) is 0 Å². The van der Waals surface area contributed by atoms with Gasteiger partial charge in [-0.15, -0.1) is 0 Å². The standard InChI is InChI=1S/C16H23NO2/c1-18-15-8-7-9-16(14-15)19-13-6-5-12-17-10-3-2-4-11-17/h5-9,14H,2-4,10-13H2,1H3/b6-5+. The van der Waals surface area contributed by atoms with Gasteiger partial charge >= 0.3 is 0 Å². The first kappa shape index (κ1) is 13.9. The summed E-state index contributed by atoms with van der Waals surface area (Å²) in [5.41, 5.74) is 0. The third kappa shape index (κ3) is 4.95. The van der Waals surface area contributed by atoms with E-state index in [1.54, 1.807) is 7.11 Å². The van der Waals surface area contributed by atoms with Crippen LogP contribution in [0.4, 0.5) is 0 Å². The van der Waals surface area contributed by atoms with Crippen molar-refractivity contribution in [1.29, 1.82) is 0 Å². The molecule has 0 atom stereocenters. The normalized spacial score (nSPS) is 16.7. The van der Waals surface area contributed by atoms with Crippen molar-refractivity contribution >= 4 is 0 Å². The van der Waals surface area contributed by atoms with Crippen LogP contribution in [0.5, 0.6) is 11.5 Å². The Morgan fingerprint density at radius 3 is 2.68 bits per heavy atom. The lowest BCUT2D eigenvalue weighted by atomic mass is 10.1. The van der Waals surface area contributed by atoms with Gasteiger partial charge in [0.05, 0.1) is 7.11 Å². The van der Waals surface area contributed by atoms with Crippen LogP contribution in [0.2, 0.25) is 0 Å². The Morgan fingerprint density at radius 2 is 1.89 bits per heavy atom. The Bertz CT molecular complexity index is 397. The average Bonchev–Trinajstić information content (AvgIpc) is 2.48. The maximum Gasteiger partial charge on any atom is 0.123 e. The number of likely N-dealkylation sites (tertiary alicyclic amines) is 1. The van der Waals surface area contributed by atoms with Gasteiger partial charge in [0.1, 0.15) is 18.1 Å². The van der Waals surface area contributed by atoms with Crippen molar-refractivity contribution in [2.45, 2.75) is 19.3 Å². The van der Waals surface area contributed by atoms with E-state index in [0.717, 1.165) is 18.0 Å². The highest BCUT2D eigenvalue weighted by Crippen LogP contribution is 2.18. The Balaban J connectivity index is 1.67. The smallest absolute Gasteiger partial charge is 0.123 e. The van der Waals surface area contributed by atoms with E-state index in [2.05, 4.69) is 17.1 Å². The molecule has 1 aromatic rings. The predicted molar refractivity (Wildman–Crippen MR) is 77.9 cm³/mol. The highest BCUT2D eigenvalue weighted by molar-refractivity contribution is 5.32. The fraction of sp³-hybridized carbons (Fsp3) is 0.500. The van der Waals surface area contributed by atoms with Gasteiger partial charge in [-0.05, 0) is 38.1 Å². The van der Waals surface area contributed by atoms with Crippen LogP contribution in [0.15, 0.2) is 36.4 Å². The molecule has 0 amide bonds. The summed E-state index contributed by atoms with van der Waals surface area (Å²) in [5, 5.41) is 0. The van der Waals surface area contributed by atoms with Crippen molar-refractivity contribution in [1.82, 2.24) is 4.90 Å². The molecule has 0 aromatic heterocycles. The fourth-order valence-corrected chi connectivity index (χ4v) is 2.27. The van der Waals surface area contributed by atoms with Crippen LogP contribution in [-0.2, 0) is 0 Å².